The van der Waals surface area contributed by atoms with Crippen LogP contribution in [0.5, 0.6) is 0 Å². The third-order valence-corrected chi connectivity index (χ3v) is 3.27. The van der Waals surface area contributed by atoms with Crippen LogP contribution in [0.3, 0.4) is 0 Å². The lowest BCUT2D eigenvalue weighted by Crippen LogP contribution is -2.34. The van der Waals surface area contributed by atoms with Crippen LogP contribution in [0.25, 0.3) is 0 Å². The van der Waals surface area contributed by atoms with Gasteiger partial charge in [0.05, 0.1) is 0 Å². The van der Waals surface area contributed by atoms with Crippen LogP contribution in [-0.2, 0) is 5.54 Å². The molecule has 90 valence electrons. The number of nitrogens with two attached hydrogens (primary N) is 1. The summed E-state index contributed by atoms with van der Waals surface area (Å²) in [6, 6.07) is 7.88. The van der Waals surface area contributed by atoms with Crippen LogP contribution in [0.2, 0.25) is 5.02 Å². The summed E-state index contributed by atoms with van der Waals surface area (Å²) in [5.74, 6) is 0.652. The van der Waals surface area contributed by atoms with Gasteiger partial charge in [-0.1, -0.05) is 50.4 Å². The summed E-state index contributed by atoms with van der Waals surface area (Å²) in [4.78, 5) is 0. The normalized spacial score (nSPS) is 16.8. The molecule has 0 saturated heterocycles. The van der Waals surface area contributed by atoms with Crippen molar-refractivity contribution >= 4 is 11.6 Å². The minimum Gasteiger partial charge on any atom is -0.322 e. The maximum absolute atomic E-state index is 6.38. The summed E-state index contributed by atoms with van der Waals surface area (Å²) < 4.78 is 0. The third kappa shape index (κ3) is 3.80. The lowest BCUT2D eigenvalue weighted by molar-refractivity contribution is 0.346. The molecule has 0 aliphatic carbocycles. The Labute approximate surface area is 104 Å². The smallest absolute Gasteiger partial charge is 0.0409 e. The van der Waals surface area contributed by atoms with Crippen molar-refractivity contribution in [2.24, 2.45) is 11.7 Å². The maximum Gasteiger partial charge on any atom is 0.0409 e. The zero-order valence-corrected chi connectivity index (χ0v) is 11.2. The van der Waals surface area contributed by atoms with Crippen LogP contribution in [0, 0.1) is 5.92 Å². The first-order chi connectivity index (χ1) is 7.45. The Morgan fingerprint density at radius 1 is 1.44 bits per heavy atom. The number of hydrogen-bond donors (Lipinski definition) is 1. The van der Waals surface area contributed by atoms with E-state index in [1.165, 1.54) is 12.8 Å². The van der Waals surface area contributed by atoms with Crippen molar-refractivity contribution in [3.05, 3.63) is 34.9 Å². The van der Waals surface area contributed by atoms with Gasteiger partial charge in [-0.2, -0.15) is 0 Å². The van der Waals surface area contributed by atoms with Gasteiger partial charge < -0.3 is 5.73 Å². The van der Waals surface area contributed by atoms with Crippen molar-refractivity contribution < 1.29 is 0 Å². The molecule has 2 atom stereocenters. The lowest BCUT2D eigenvalue weighted by atomic mass is 9.83. The van der Waals surface area contributed by atoms with E-state index in [1.54, 1.807) is 0 Å². The highest BCUT2D eigenvalue weighted by atomic mass is 35.5. The summed E-state index contributed by atoms with van der Waals surface area (Å²) in [5, 5.41) is 0.761. The Morgan fingerprint density at radius 3 is 2.69 bits per heavy atom. The van der Waals surface area contributed by atoms with E-state index in [-0.39, 0.29) is 5.54 Å². The Hall–Kier alpha value is -0.530. The molecule has 0 aliphatic heterocycles. The van der Waals surface area contributed by atoms with Gasteiger partial charge >= 0.3 is 0 Å². The molecule has 0 heterocycles. The van der Waals surface area contributed by atoms with Gasteiger partial charge in [0, 0.05) is 10.6 Å². The molecule has 0 spiro atoms. The first-order valence-electron chi connectivity index (χ1n) is 6.00. The van der Waals surface area contributed by atoms with Gasteiger partial charge in [-0.05, 0) is 37.0 Å². The molecule has 0 fully saturated rings. The van der Waals surface area contributed by atoms with Crippen LogP contribution >= 0.6 is 11.6 Å². The molecule has 16 heavy (non-hydrogen) atoms. The van der Waals surface area contributed by atoms with Gasteiger partial charge in [0.1, 0.15) is 0 Å². The number of halogens is 1. The molecule has 0 aliphatic rings. The summed E-state index contributed by atoms with van der Waals surface area (Å²) in [7, 11) is 0. The quantitative estimate of drug-likeness (QED) is 0.813. The molecule has 2 N–H and O–H groups in total. The minimum absolute atomic E-state index is 0.278. The highest BCUT2D eigenvalue weighted by molar-refractivity contribution is 6.30. The van der Waals surface area contributed by atoms with E-state index in [0.29, 0.717) is 5.92 Å². The SMILES string of the molecule is CCCC(C)CC(C)(N)c1cccc(Cl)c1. The zero-order chi connectivity index (χ0) is 12.2. The zero-order valence-electron chi connectivity index (χ0n) is 10.5. The molecule has 0 aromatic heterocycles. The topological polar surface area (TPSA) is 26.0 Å². The predicted octanol–water partition coefficient (Wildman–Crippen LogP) is 4.34. The van der Waals surface area contributed by atoms with Crippen molar-refractivity contribution in [1.82, 2.24) is 0 Å². The number of rotatable bonds is 5. The molecule has 2 unspecified atom stereocenters. The first kappa shape index (κ1) is 13.5. The van der Waals surface area contributed by atoms with E-state index < -0.39 is 0 Å². The van der Waals surface area contributed by atoms with Crippen LogP contribution in [-0.4, -0.2) is 0 Å². The Kier molecular flexibility index (Phi) is 4.82. The summed E-state index contributed by atoms with van der Waals surface area (Å²) in [5.41, 5.74) is 7.23. The van der Waals surface area contributed by atoms with E-state index in [4.69, 9.17) is 17.3 Å². The summed E-state index contributed by atoms with van der Waals surface area (Å²) in [6.07, 6.45) is 3.45. The second-order valence-corrected chi connectivity index (χ2v) is 5.46. The van der Waals surface area contributed by atoms with Crippen molar-refractivity contribution in [1.29, 1.82) is 0 Å². The van der Waals surface area contributed by atoms with Gasteiger partial charge in [-0.15, -0.1) is 0 Å². The molecule has 2 heteroatoms. The van der Waals surface area contributed by atoms with Crippen LogP contribution in [0.4, 0.5) is 0 Å². The number of benzene rings is 1. The highest BCUT2D eigenvalue weighted by Crippen LogP contribution is 2.29. The van der Waals surface area contributed by atoms with Gasteiger partial charge in [0.25, 0.3) is 0 Å². The monoisotopic (exact) mass is 239 g/mol. The van der Waals surface area contributed by atoms with Crippen LogP contribution in [0.15, 0.2) is 24.3 Å². The Morgan fingerprint density at radius 2 is 2.12 bits per heavy atom. The van der Waals surface area contributed by atoms with Crippen molar-refractivity contribution in [2.75, 3.05) is 0 Å². The van der Waals surface area contributed by atoms with Gasteiger partial charge in [-0.25, -0.2) is 0 Å². The molecule has 1 rings (SSSR count). The molecule has 0 saturated carbocycles. The summed E-state index contributed by atoms with van der Waals surface area (Å²) in [6.45, 7) is 6.56. The third-order valence-electron chi connectivity index (χ3n) is 3.04. The van der Waals surface area contributed by atoms with Crippen LogP contribution in [0.1, 0.15) is 45.6 Å². The Bertz CT molecular complexity index is 333. The van der Waals surface area contributed by atoms with Crippen molar-refractivity contribution in [3.63, 3.8) is 0 Å². The average molecular weight is 240 g/mol. The molecular weight excluding hydrogens is 218 g/mol. The van der Waals surface area contributed by atoms with E-state index in [2.05, 4.69) is 26.8 Å². The van der Waals surface area contributed by atoms with E-state index >= 15 is 0 Å². The van der Waals surface area contributed by atoms with E-state index in [0.717, 1.165) is 17.0 Å². The van der Waals surface area contributed by atoms with E-state index in [1.807, 2.05) is 18.2 Å². The number of hydrogen-bond acceptors (Lipinski definition) is 1. The standard InChI is InChI=1S/C14H22ClN/c1-4-6-11(2)10-14(3,16)12-7-5-8-13(15)9-12/h5,7-9,11H,4,6,10,16H2,1-3H3. The fraction of sp³-hybridized carbons (Fsp3) is 0.571. The molecule has 1 aromatic carbocycles. The predicted molar refractivity (Wildman–Crippen MR) is 71.7 cm³/mol. The minimum atomic E-state index is -0.278. The maximum atomic E-state index is 6.38. The molecule has 0 bridgehead atoms. The fourth-order valence-electron chi connectivity index (χ4n) is 2.28. The average Bonchev–Trinajstić information content (AvgIpc) is 2.17. The first-order valence-corrected chi connectivity index (χ1v) is 6.38. The molecular formula is C14H22ClN. The van der Waals surface area contributed by atoms with E-state index in [9.17, 15) is 0 Å². The Balaban J connectivity index is 2.76. The summed E-state index contributed by atoms with van der Waals surface area (Å²) >= 11 is 5.99. The largest absolute Gasteiger partial charge is 0.322 e. The second-order valence-electron chi connectivity index (χ2n) is 5.03. The molecule has 1 aromatic rings. The van der Waals surface area contributed by atoms with Crippen LogP contribution < -0.4 is 5.73 Å². The molecule has 0 amide bonds. The highest BCUT2D eigenvalue weighted by Gasteiger charge is 2.23. The van der Waals surface area contributed by atoms with Crippen molar-refractivity contribution in [3.8, 4) is 0 Å². The van der Waals surface area contributed by atoms with Crippen molar-refractivity contribution in [2.45, 2.75) is 45.6 Å². The fourth-order valence-corrected chi connectivity index (χ4v) is 2.47. The van der Waals surface area contributed by atoms with Gasteiger partial charge in [0.2, 0.25) is 0 Å². The molecule has 1 nitrogen and oxygen atoms in total. The molecule has 0 radical (unpaired) electrons. The van der Waals surface area contributed by atoms with Gasteiger partial charge in [-0.3, -0.25) is 0 Å². The second kappa shape index (κ2) is 5.70. The van der Waals surface area contributed by atoms with Gasteiger partial charge in [0.15, 0.2) is 0 Å². The lowest BCUT2D eigenvalue weighted by Gasteiger charge is -2.28.